The van der Waals surface area contributed by atoms with Gasteiger partial charge in [-0.2, -0.15) is 0 Å². The second kappa shape index (κ2) is 4.30. The van der Waals surface area contributed by atoms with Crippen LogP contribution in [0.2, 0.25) is 0 Å². The number of hydrogen-bond donors (Lipinski definition) is 0. The number of benzene rings is 1. The molecule has 1 aromatic carbocycles. The van der Waals surface area contributed by atoms with E-state index in [-0.39, 0.29) is 0 Å². The van der Waals surface area contributed by atoms with Crippen molar-refractivity contribution in [3.8, 4) is 0 Å². The molecule has 0 spiro atoms. The van der Waals surface area contributed by atoms with Gasteiger partial charge in [0.15, 0.2) is 6.39 Å². The Morgan fingerprint density at radius 2 is 1.93 bits per heavy atom. The number of hydrogen-bond acceptors (Lipinski definition) is 2. The van der Waals surface area contributed by atoms with Crippen molar-refractivity contribution in [2.75, 3.05) is 0 Å². The first-order chi connectivity index (χ1) is 7.25. The van der Waals surface area contributed by atoms with Crippen LogP contribution in [-0.4, -0.2) is 4.98 Å². The normalized spacial score (nSPS) is 10.9. The Kier molecular flexibility index (Phi) is 2.86. The van der Waals surface area contributed by atoms with Gasteiger partial charge < -0.3 is 4.42 Å². The Bertz CT molecular complexity index is 401. The monoisotopic (exact) mass is 201 g/mol. The minimum Gasteiger partial charge on any atom is -0.448 e. The van der Waals surface area contributed by atoms with E-state index in [9.17, 15) is 0 Å². The molecule has 0 saturated carbocycles. The quantitative estimate of drug-likeness (QED) is 0.760. The maximum atomic E-state index is 5.20. The summed E-state index contributed by atoms with van der Waals surface area (Å²) in [6, 6.07) is 8.66. The van der Waals surface area contributed by atoms with Crippen LogP contribution in [0.3, 0.4) is 0 Å². The molecule has 15 heavy (non-hydrogen) atoms. The largest absolute Gasteiger partial charge is 0.448 e. The number of oxazole rings is 1. The van der Waals surface area contributed by atoms with E-state index in [4.69, 9.17) is 4.42 Å². The van der Waals surface area contributed by atoms with Gasteiger partial charge in [0.1, 0.15) is 5.76 Å². The molecule has 78 valence electrons. The fourth-order valence-electron chi connectivity index (χ4n) is 1.55. The molecule has 2 rings (SSSR count). The molecule has 0 radical (unpaired) electrons. The molecule has 0 aliphatic rings. The van der Waals surface area contributed by atoms with Crippen LogP contribution in [0.25, 0.3) is 0 Å². The van der Waals surface area contributed by atoms with E-state index in [1.165, 1.54) is 17.5 Å². The molecule has 0 saturated heterocycles. The van der Waals surface area contributed by atoms with Gasteiger partial charge >= 0.3 is 0 Å². The summed E-state index contributed by atoms with van der Waals surface area (Å²) < 4.78 is 5.20. The van der Waals surface area contributed by atoms with E-state index < -0.39 is 0 Å². The lowest BCUT2D eigenvalue weighted by molar-refractivity contribution is 0.514. The maximum Gasteiger partial charge on any atom is 0.180 e. The third-order valence-electron chi connectivity index (χ3n) is 2.51. The zero-order valence-electron chi connectivity index (χ0n) is 9.10. The summed E-state index contributed by atoms with van der Waals surface area (Å²) in [6.45, 7) is 4.40. The third-order valence-corrected chi connectivity index (χ3v) is 2.51. The number of rotatable bonds is 3. The lowest BCUT2D eigenvalue weighted by Crippen LogP contribution is -1.89. The summed E-state index contributed by atoms with van der Waals surface area (Å²) in [5.41, 5.74) is 2.63. The fraction of sp³-hybridized carbons (Fsp3) is 0.308. The van der Waals surface area contributed by atoms with Crippen molar-refractivity contribution >= 4 is 0 Å². The molecule has 0 amide bonds. The van der Waals surface area contributed by atoms with Crippen molar-refractivity contribution in [1.82, 2.24) is 4.98 Å². The van der Waals surface area contributed by atoms with E-state index in [1.807, 2.05) is 0 Å². The van der Waals surface area contributed by atoms with Crippen LogP contribution in [0.1, 0.15) is 36.7 Å². The molecule has 0 unspecified atom stereocenters. The summed E-state index contributed by atoms with van der Waals surface area (Å²) in [5.74, 6) is 1.50. The van der Waals surface area contributed by atoms with Crippen molar-refractivity contribution in [3.05, 3.63) is 53.7 Å². The Balaban J connectivity index is 2.11. The molecule has 0 fully saturated rings. The third kappa shape index (κ3) is 2.46. The average Bonchev–Trinajstić information content (AvgIpc) is 2.71. The first-order valence-corrected chi connectivity index (χ1v) is 5.22. The van der Waals surface area contributed by atoms with E-state index >= 15 is 0 Å². The fourth-order valence-corrected chi connectivity index (χ4v) is 1.55. The Morgan fingerprint density at radius 1 is 1.20 bits per heavy atom. The first kappa shape index (κ1) is 9.97. The summed E-state index contributed by atoms with van der Waals surface area (Å²) in [6.07, 6.45) is 4.05. The zero-order chi connectivity index (χ0) is 10.7. The first-order valence-electron chi connectivity index (χ1n) is 5.22. The van der Waals surface area contributed by atoms with E-state index in [2.05, 4.69) is 43.1 Å². The molecule has 2 aromatic rings. The van der Waals surface area contributed by atoms with Gasteiger partial charge in [-0.05, 0) is 17.0 Å². The van der Waals surface area contributed by atoms with Crippen LogP contribution in [0.5, 0.6) is 0 Å². The minimum absolute atomic E-state index is 0.587. The summed E-state index contributed by atoms with van der Waals surface area (Å²) in [5, 5.41) is 0. The predicted molar refractivity (Wildman–Crippen MR) is 59.8 cm³/mol. The van der Waals surface area contributed by atoms with Crippen molar-refractivity contribution in [2.45, 2.75) is 26.2 Å². The molecular formula is C13H15NO. The van der Waals surface area contributed by atoms with E-state index in [0.717, 1.165) is 12.2 Å². The molecule has 0 bridgehead atoms. The highest BCUT2D eigenvalue weighted by Crippen LogP contribution is 2.16. The van der Waals surface area contributed by atoms with Crippen LogP contribution in [0.4, 0.5) is 0 Å². The molecule has 0 N–H and O–H groups in total. The second-order valence-corrected chi connectivity index (χ2v) is 4.04. The standard InChI is InChI=1S/C13H15NO/c1-10(2)12-5-3-11(4-6-12)7-13-8-14-9-15-13/h3-6,8-10H,7H2,1-2H3. The van der Waals surface area contributed by atoms with Gasteiger partial charge in [0, 0.05) is 6.42 Å². The summed E-state index contributed by atoms with van der Waals surface area (Å²) in [7, 11) is 0. The SMILES string of the molecule is CC(C)c1ccc(Cc2cnco2)cc1. The van der Waals surface area contributed by atoms with Gasteiger partial charge in [-0.1, -0.05) is 38.1 Å². The highest BCUT2D eigenvalue weighted by atomic mass is 16.3. The van der Waals surface area contributed by atoms with Gasteiger partial charge in [0.05, 0.1) is 6.20 Å². The van der Waals surface area contributed by atoms with Gasteiger partial charge in [0.25, 0.3) is 0 Å². The number of nitrogens with zero attached hydrogens (tertiary/aromatic N) is 1. The molecule has 0 atom stereocenters. The summed E-state index contributed by atoms with van der Waals surface area (Å²) >= 11 is 0. The van der Waals surface area contributed by atoms with Crippen LogP contribution in [-0.2, 0) is 6.42 Å². The number of aromatic nitrogens is 1. The summed E-state index contributed by atoms with van der Waals surface area (Å²) in [4.78, 5) is 3.90. The van der Waals surface area contributed by atoms with Crippen LogP contribution < -0.4 is 0 Å². The van der Waals surface area contributed by atoms with E-state index in [0.29, 0.717) is 5.92 Å². The second-order valence-electron chi connectivity index (χ2n) is 4.04. The lowest BCUT2D eigenvalue weighted by Gasteiger charge is -2.05. The Labute approximate surface area is 90.0 Å². The Hall–Kier alpha value is -1.57. The highest BCUT2D eigenvalue weighted by Gasteiger charge is 2.01. The van der Waals surface area contributed by atoms with Crippen LogP contribution >= 0.6 is 0 Å². The van der Waals surface area contributed by atoms with Gasteiger partial charge in [-0.25, -0.2) is 4.98 Å². The van der Waals surface area contributed by atoms with Crippen LogP contribution in [0.15, 0.2) is 41.3 Å². The topological polar surface area (TPSA) is 26.0 Å². The molecule has 0 aliphatic carbocycles. The van der Waals surface area contributed by atoms with Crippen molar-refractivity contribution < 1.29 is 4.42 Å². The smallest absolute Gasteiger partial charge is 0.180 e. The molecule has 2 nitrogen and oxygen atoms in total. The molecule has 1 aromatic heterocycles. The minimum atomic E-state index is 0.587. The molecule has 2 heteroatoms. The van der Waals surface area contributed by atoms with E-state index in [1.54, 1.807) is 6.20 Å². The van der Waals surface area contributed by atoms with Crippen molar-refractivity contribution in [3.63, 3.8) is 0 Å². The average molecular weight is 201 g/mol. The van der Waals surface area contributed by atoms with Gasteiger partial charge in [-0.15, -0.1) is 0 Å². The van der Waals surface area contributed by atoms with Crippen molar-refractivity contribution in [1.29, 1.82) is 0 Å². The van der Waals surface area contributed by atoms with Gasteiger partial charge in [0.2, 0.25) is 0 Å². The van der Waals surface area contributed by atoms with Gasteiger partial charge in [-0.3, -0.25) is 0 Å². The van der Waals surface area contributed by atoms with Crippen molar-refractivity contribution in [2.24, 2.45) is 0 Å². The Morgan fingerprint density at radius 3 is 2.47 bits per heavy atom. The van der Waals surface area contributed by atoms with Crippen LogP contribution in [0, 0.1) is 0 Å². The highest BCUT2D eigenvalue weighted by molar-refractivity contribution is 5.26. The maximum absolute atomic E-state index is 5.20. The predicted octanol–water partition coefficient (Wildman–Crippen LogP) is 3.39. The lowest BCUT2D eigenvalue weighted by atomic mass is 10.0. The molecular weight excluding hydrogens is 186 g/mol. The zero-order valence-corrected chi connectivity index (χ0v) is 9.10. The molecule has 0 aliphatic heterocycles. The molecule has 1 heterocycles.